The lowest BCUT2D eigenvalue weighted by atomic mass is 10.1. The standard InChI is InChI=1S/C16H24O/c1-3-5-6-7-9-12-15(4-2)17-16-13-10-8-11-14-16/h4,8,10-11,13-14H,3,5-7,9,12H2,1-2H3. The van der Waals surface area contributed by atoms with Gasteiger partial charge in [-0.15, -0.1) is 0 Å². The van der Waals surface area contributed by atoms with E-state index in [0.29, 0.717) is 0 Å². The Labute approximate surface area is 106 Å². The predicted octanol–water partition coefficient (Wildman–Crippen LogP) is 5.33. The molecule has 0 fully saturated rings. The molecule has 1 nitrogen and oxygen atoms in total. The Balaban J connectivity index is 2.25. The third-order valence-corrected chi connectivity index (χ3v) is 2.84. The van der Waals surface area contributed by atoms with Gasteiger partial charge in [-0.3, -0.25) is 0 Å². The highest BCUT2D eigenvalue weighted by molar-refractivity contribution is 5.23. The minimum Gasteiger partial charge on any atom is -0.462 e. The topological polar surface area (TPSA) is 9.23 Å². The van der Waals surface area contributed by atoms with Gasteiger partial charge in [0.05, 0.1) is 5.76 Å². The normalized spacial score (nSPS) is 11.5. The van der Waals surface area contributed by atoms with Gasteiger partial charge in [-0.05, 0) is 31.6 Å². The summed E-state index contributed by atoms with van der Waals surface area (Å²) in [5.74, 6) is 2.03. The van der Waals surface area contributed by atoms with Crippen molar-refractivity contribution in [1.29, 1.82) is 0 Å². The van der Waals surface area contributed by atoms with Gasteiger partial charge >= 0.3 is 0 Å². The van der Waals surface area contributed by atoms with E-state index in [2.05, 4.69) is 13.0 Å². The second kappa shape index (κ2) is 8.86. The molecule has 0 spiro atoms. The Morgan fingerprint density at radius 3 is 2.41 bits per heavy atom. The summed E-state index contributed by atoms with van der Waals surface area (Å²) in [6.07, 6.45) is 9.66. The molecule has 1 aromatic rings. The highest BCUT2D eigenvalue weighted by Gasteiger charge is 1.99. The zero-order valence-corrected chi connectivity index (χ0v) is 11.1. The fourth-order valence-corrected chi connectivity index (χ4v) is 1.80. The lowest BCUT2D eigenvalue weighted by molar-refractivity contribution is 0.394. The fraction of sp³-hybridized carbons (Fsp3) is 0.500. The van der Waals surface area contributed by atoms with Crippen LogP contribution in [0.2, 0.25) is 0 Å². The number of hydrogen-bond donors (Lipinski definition) is 0. The molecule has 0 bridgehead atoms. The number of rotatable bonds is 8. The zero-order chi connectivity index (χ0) is 12.3. The molecule has 0 saturated heterocycles. The molecule has 1 aromatic carbocycles. The summed E-state index contributed by atoms with van der Waals surface area (Å²) in [6.45, 7) is 4.29. The van der Waals surface area contributed by atoms with Crippen molar-refractivity contribution < 1.29 is 4.74 Å². The van der Waals surface area contributed by atoms with Crippen LogP contribution < -0.4 is 4.74 Å². The Kier molecular flexibility index (Phi) is 7.20. The minimum atomic E-state index is 0.939. The summed E-state index contributed by atoms with van der Waals surface area (Å²) in [6, 6.07) is 10.0. The van der Waals surface area contributed by atoms with Crippen molar-refractivity contribution in [1.82, 2.24) is 0 Å². The zero-order valence-electron chi connectivity index (χ0n) is 11.1. The maximum Gasteiger partial charge on any atom is 0.126 e. The quantitative estimate of drug-likeness (QED) is 0.435. The molecule has 0 saturated carbocycles. The van der Waals surface area contributed by atoms with Crippen LogP contribution in [-0.4, -0.2) is 0 Å². The van der Waals surface area contributed by atoms with Crippen molar-refractivity contribution in [2.45, 2.75) is 52.4 Å². The van der Waals surface area contributed by atoms with Gasteiger partial charge in [-0.2, -0.15) is 0 Å². The van der Waals surface area contributed by atoms with Crippen molar-refractivity contribution in [3.8, 4) is 5.75 Å². The van der Waals surface area contributed by atoms with Gasteiger partial charge in [-0.25, -0.2) is 0 Å². The molecule has 1 rings (SSSR count). The van der Waals surface area contributed by atoms with Gasteiger partial charge in [-0.1, -0.05) is 50.8 Å². The van der Waals surface area contributed by atoms with E-state index in [4.69, 9.17) is 4.74 Å². The van der Waals surface area contributed by atoms with Crippen LogP contribution >= 0.6 is 0 Å². The van der Waals surface area contributed by atoms with E-state index in [1.54, 1.807) is 0 Å². The van der Waals surface area contributed by atoms with Gasteiger partial charge in [0.1, 0.15) is 5.75 Å². The average molecular weight is 232 g/mol. The molecule has 0 aliphatic rings. The smallest absolute Gasteiger partial charge is 0.126 e. The van der Waals surface area contributed by atoms with E-state index >= 15 is 0 Å². The van der Waals surface area contributed by atoms with Crippen LogP contribution in [0, 0.1) is 0 Å². The first-order valence-corrected chi connectivity index (χ1v) is 6.75. The highest BCUT2D eigenvalue weighted by Crippen LogP contribution is 2.17. The Bertz CT molecular complexity index is 314. The number of benzene rings is 1. The summed E-state index contributed by atoms with van der Waals surface area (Å²) < 4.78 is 5.83. The van der Waals surface area contributed by atoms with E-state index in [1.165, 1.54) is 32.1 Å². The van der Waals surface area contributed by atoms with Crippen LogP contribution in [0.5, 0.6) is 5.75 Å². The number of hydrogen-bond acceptors (Lipinski definition) is 1. The minimum absolute atomic E-state index is 0.939. The summed E-state index contributed by atoms with van der Waals surface area (Å²) in [5, 5.41) is 0. The van der Waals surface area contributed by atoms with E-state index in [0.717, 1.165) is 17.9 Å². The van der Waals surface area contributed by atoms with Crippen LogP contribution in [0.15, 0.2) is 42.2 Å². The van der Waals surface area contributed by atoms with Crippen LogP contribution in [0.3, 0.4) is 0 Å². The average Bonchev–Trinajstić information content (AvgIpc) is 2.38. The maximum atomic E-state index is 5.83. The Hall–Kier alpha value is -1.24. The summed E-state index contributed by atoms with van der Waals surface area (Å²) >= 11 is 0. The molecule has 0 amide bonds. The van der Waals surface area contributed by atoms with Crippen LogP contribution in [-0.2, 0) is 0 Å². The second-order valence-electron chi connectivity index (χ2n) is 4.33. The van der Waals surface area contributed by atoms with Crippen LogP contribution in [0.4, 0.5) is 0 Å². The van der Waals surface area contributed by atoms with Crippen molar-refractivity contribution in [2.75, 3.05) is 0 Å². The van der Waals surface area contributed by atoms with Gasteiger partial charge in [0.15, 0.2) is 0 Å². The molecule has 1 heteroatoms. The monoisotopic (exact) mass is 232 g/mol. The van der Waals surface area contributed by atoms with Crippen LogP contribution in [0.25, 0.3) is 0 Å². The second-order valence-corrected chi connectivity index (χ2v) is 4.33. The van der Waals surface area contributed by atoms with Gasteiger partial charge in [0, 0.05) is 6.42 Å². The predicted molar refractivity (Wildman–Crippen MR) is 74.2 cm³/mol. The fourth-order valence-electron chi connectivity index (χ4n) is 1.80. The molecule has 0 unspecified atom stereocenters. The molecule has 17 heavy (non-hydrogen) atoms. The summed E-state index contributed by atoms with van der Waals surface area (Å²) in [4.78, 5) is 0. The molecule has 0 radical (unpaired) electrons. The first kappa shape index (κ1) is 13.8. The van der Waals surface area contributed by atoms with E-state index < -0.39 is 0 Å². The number of allylic oxidation sites excluding steroid dienone is 2. The van der Waals surface area contributed by atoms with Crippen molar-refractivity contribution in [3.05, 3.63) is 42.2 Å². The Morgan fingerprint density at radius 2 is 1.76 bits per heavy atom. The molecule has 0 aromatic heterocycles. The molecule has 0 aliphatic carbocycles. The summed E-state index contributed by atoms with van der Waals surface area (Å²) in [7, 11) is 0. The third-order valence-electron chi connectivity index (χ3n) is 2.84. The molecule has 0 heterocycles. The molecule has 0 N–H and O–H groups in total. The van der Waals surface area contributed by atoms with Crippen LogP contribution in [0.1, 0.15) is 52.4 Å². The first-order chi connectivity index (χ1) is 8.36. The first-order valence-electron chi connectivity index (χ1n) is 6.75. The number of ether oxygens (including phenoxy) is 1. The molecule has 0 atom stereocenters. The maximum absolute atomic E-state index is 5.83. The highest BCUT2D eigenvalue weighted by atomic mass is 16.5. The van der Waals surface area contributed by atoms with Crippen molar-refractivity contribution in [2.24, 2.45) is 0 Å². The summed E-state index contributed by atoms with van der Waals surface area (Å²) in [5.41, 5.74) is 0. The lowest BCUT2D eigenvalue weighted by Crippen LogP contribution is -1.95. The van der Waals surface area contributed by atoms with Gasteiger partial charge in [0.25, 0.3) is 0 Å². The van der Waals surface area contributed by atoms with Crippen molar-refractivity contribution in [3.63, 3.8) is 0 Å². The molecular weight excluding hydrogens is 208 g/mol. The van der Waals surface area contributed by atoms with Gasteiger partial charge < -0.3 is 4.74 Å². The van der Waals surface area contributed by atoms with E-state index in [1.807, 2.05) is 37.3 Å². The molecule has 94 valence electrons. The van der Waals surface area contributed by atoms with Crippen molar-refractivity contribution >= 4 is 0 Å². The number of para-hydroxylation sites is 1. The third kappa shape index (κ3) is 6.15. The molecule has 0 aliphatic heterocycles. The van der Waals surface area contributed by atoms with E-state index in [-0.39, 0.29) is 0 Å². The van der Waals surface area contributed by atoms with Gasteiger partial charge in [0.2, 0.25) is 0 Å². The lowest BCUT2D eigenvalue weighted by Gasteiger charge is -2.09. The molecular formula is C16H24O. The van der Waals surface area contributed by atoms with E-state index in [9.17, 15) is 0 Å². The SMILES string of the molecule is CC=C(CCCCCCC)Oc1ccccc1. The number of unbranched alkanes of at least 4 members (excludes halogenated alkanes) is 4. The largest absolute Gasteiger partial charge is 0.462 e. The Morgan fingerprint density at radius 1 is 1.06 bits per heavy atom.